The average Bonchev–Trinajstić information content (AvgIpc) is 2.39. The number of hydrogen-bond acceptors (Lipinski definition) is 2. The Kier molecular flexibility index (Phi) is 4.10. The standard InChI is InChI=1S/C12H14BrFN2O/c13-7-10-3-1-2-6-16(10)12(17)11-5-4-9(14)8-15-11/h4-5,8,10H,1-3,6-7H2. The summed E-state index contributed by atoms with van der Waals surface area (Å²) in [6, 6.07) is 2.94. The predicted octanol–water partition coefficient (Wildman–Crippen LogP) is 2.61. The van der Waals surface area contributed by atoms with Crippen molar-refractivity contribution < 1.29 is 9.18 Å². The van der Waals surface area contributed by atoms with E-state index < -0.39 is 5.82 Å². The second-order valence-electron chi connectivity index (χ2n) is 4.16. The van der Waals surface area contributed by atoms with Gasteiger partial charge < -0.3 is 4.90 Å². The lowest BCUT2D eigenvalue weighted by Crippen LogP contribution is -2.44. The highest BCUT2D eigenvalue weighted by molar-refractivity contribution is 9.09. The first kappa shape index (κ1) is 12.5. The molecule has 2 rings (SSSR count). The van der Waals surface area contributed by atoms with Crippen LogP contribution in [-0.4, -0.2) is 33.7 Å². The first-order chi connectivity index (χ1) is 8.22. The number of likely N-dealkylation sites (tertiary alicyclic amines) is 1. The molecule has 92 valence electrons. The molecule has 1 fully saturated rings. The lowest BCUT2D eigenvalue weighted by Gasteiger charge is -2.34. The number of piperidine rings is 1. The summed E-state index contributed by atoms with van der Waals surface area (Å²) in [5.74, 6) is -0.522. The van der Waals surface area contributed by atoms with Crippen LogP contribution in [0.4, 0.5) is 4.39 Å². The molecule has 5 heteroatoms. The van der Waals surface area contributed by atoms with E-state index in [1.165, 1.54) is 12.1 Å². The minimum absolute atomic E-state index is 0.103. The van der Waals surface area contributed by atoms with Gasteiger partial charge >= 0.3 is 0 Å². The molecule has 1 aliphatic rings. The number of halogens is 2. The monoisotopic (exact) mass is 300 g/mol. The SMILES string of the molecule is O=C(c1ccc(F)cn1)N1CCCCC1CBr. The van der Waals surface area contributed by atoms with Gasteiger partial charge in [-0.2, -0.15) is 0 Å². The summed E-state index contributed by atoms with van der Waals surface area (Å²) in [7, 11) is 0. The van der Waals surface area contributed by atoms with Gasteiger partial charge in [-0.3, -0.25) is 4.79 Å². The number of carbonyl (C=O) groups excluding carboxylic acids is 1. The third kappa shape index (κ3) is 2.83. The van der Waals surface area contributed by atoms with Crippen molar-refractivity contribution in [2.75, 3.05) is 11.9 Å². The highest BCUT2D eigenvalue weighted by atomic mass is 79.9. The molecule has 17 heavy (non-hydrogen) atoms. The lowest BCUT2D eigenvalue weighted by atomic mass is 10.0. The molecule has 1 aliphatic heterocycles. The van der Waals surface area contributed by atoms with Gasteiger partial charge in [0.1, 0.15) is 11.5 Å². The fraction of sp³-hybridized carbons (Fsp3) is 0.500. The fourth-order valence-electron chi connectivity index (χ4n) is 2.08. The smallest absolute Gasteiger partial charge is 0.272 e. The molecule has 3 nitrogen and oxygen atoms in total. The van der Waals surface area contributed by atoms with Crippen LogP contribution in [0, 0.1) is 5.82 Å². The molecular weight excluding hydrogens is 287 g/mol. The number of aromatic nitrogens is 1. The summed E-state index contributed by atoms with van der Waals surface area (Å²) in [6.07, 6.45) is 4.27. The second kappa shape index (κ2) is 5.58. The van der Waals surface area contributed by atoms with Crippen molar-refractivity contribution in [3.63, 3.8) is 0 Å². The Morgan fingerprint density at radius 2 is 2.35 bits per heavy atom. The van der Waals surface area contributed by atoms with Gasteiger partial charge in [-0.1, -0.05) is 15.9 Å². The molecule has 0 aliphatic carbocycles. The van der Waals surface area contributed by atoms with Gasteiger partial charge in [0.05, 0.1) is 6.20 Å². The summed E-state index contributed by atoms with van der Waals surface area (Å²) in [4.78, 5) is 17.9. The third-order valence-electron chi connectivity index (χ3n) is 3.01. The molecule has 0 aromatic carbocycles. The van der Waals surface area contributed by atoms with E-state index in [2.05, 4.69) is 20.9 Å². The lowest BCUT2D eigenvalue weighted by molar-refractivity contribution is 0.0635. The number of nitrogens with zero attached hydrogens (tertiary/aromatic N) is 2. The van der Waals surface area contributed by atoms with Crippen molar-refractivity contribution in [1.29, 1.82) is 0 Å². The van der Waals surface area contributed by atoms with Crippen LogP contribution in [-0.2, 0) is 0 Å². The van der Waals surface area contributed by atoms with Crippen LogP contribution in [0.2, 0.25) is 0 Å². The van der Waals surface area contributed by atoms with E-state index in [1.54, 1.807) is 0 Å². The van der Waals surface area contributed by atoms with Crippen molar-refractivity contribution in [3.8, 4) is 0 Å². The molecule has 0 N–H and O–H groups in total. The van der Waals surface area contributed by atoms with Gasteiger partial charge in [-0.05, 0) is 31.4 Å². The molecule has 1 aromatic heterocycles. The van der Waals surface area contributed by atoms with E-state index in [0.717, 1.165) is 37.3 Å². The topological polar surface area (TPSA) is 33.2 Å². The van der Waals surface area contributed by atoms with Gasteiger partial charge in [0.2, 0.25) is 0 Å². The molecule has 0 bridgehead atoms. The number of carbonyl (C=O) groups is 1. The van der Waals surface area contributed by atoms with Gasteiger partial charge in [0, 0.05) is 17.9 Å². The summed E-state index contributed by atoms with van der Waals surface area (Å²) >= 11 is 3.43. The maximum Gasteiger partial charge on any atom is 0.272 e. The molecule has 1 aromatic rings. The van der Waals surface area contributed by atoms with Crippen LogP contribution in [0.1, 0.15) is 29.8 Å². The predicted molar refractivity (Wildman–Crippen MR) is 66.7 cm³/mol. The number of alkyl halides is 1. The number of pyridine rings is 1. The summed E-state index contributed by atoms with van der Waals surface area (Å²) in [5, 5.41) is 0.778. The Balaban J connectivity index is 2.15. The number of amides is 1. The van der Waals surface area contributed by atoms with E-state index >= 15 is 0 Å². The molecule has 1 atom stereocenters. The van der Waals surface area contributed by atoms with Gasteiger partial charge in [-0.15, -0.1) is 0 Å². The molecule has 1 amide bonds. The Morgan fingerprint density at radius 1 is 1.53 bits per heavy atom. The zero-order chi connectivity index (χ0) is 12.3. The van der Waals surface area contributed by atoms with E-state index in [4.69, 9.17) is 0 Å². The molecule has 1 unspecified atom stereocenters. The van der Waals surface area contributed by atoms with E-state index in [-0.39, 0.29) is 11.9 Å². The zero-order valence-electron chi connectivity index (χ0n) is 9.40. The van der Waals surface area contributed by atoms with Crippen molar-refractivity contribution in [2.45, 2.75) is 25.3 Å². The molecule has 2 heterocycles. The molecular formula is C12H14BrFN2O. The summed E-state index contributed by atoms with van der Waals surface area (Å²) in [6.45, 7) is 0.758. The fourth-order valence-corrected chi connectivity index (χ4v) is 2.75. The summed E-state index contributed by atoms with van der Waals surface area (Å²) < 4.78 is 12.7. The normalized spacial score (nSPS) is 20.4. The number of hydrogen-bond donors (Lipinski definition) is 0. The number of rotatable bonds is 2. The van der Waals surface area contributed by atoms with Crippen LogP contribution >= 0.6 is 15.9 Å². The first-order valence-corrected chi connectivity index (χ1v) is 6.83. The molecule has 0 radical (unpaired) electrons. The van der Waals surface area contributed by atoms with E-state index in [9.17, 15) is 9.18 Å². The van der Waals surface area contributed by atoms with Crippen LogP contribution in [0.15, 0.2) is 18.3 Å². The van der Waals surface area contributed by atoms with Crippen molar-refractivity contribution in [2.24, 2.45) is 0 Å². The van der Waals surface area contributed by atoms with Crippen LogP contribution in [0.25, 0.3) is 0 Å². The highest BCUT2D eigenvalue weighted by Crippen LogP contribution is 2.20. The maximum absolute atomic E-state index is 12.7. The Bertz CT molecular complexity index is 396. The molecule has 0 spiro atoms. The van der Waals surface area contributed by atoms with E-state index in [1.807, 2.05) is 4.90 Å². The molecule has 1 saturated heterocycles. The Hall–Kier alpha value is -0.970. The Morgan fingerprint density at radius 3 is 3.00 bits per heavy atom. The van der Waals surface area contributed by atoms with Crippen LogP contribution < -0.4 is 0 Å². The van der Waals surface area contributed by atoms with Gasteiger partial charge in [0.25, 0.3) is 5.91 Å². The maximum atomic E-state index is 12.7. The highest BCUT2D eigenvalue weighted by Gasteiger charge is 2.27. The van der Waals surface area contributed by atoms with E-state index in [0.29, 0.717) is 5.69 Å². The van der Waals surface area contributed by atoms with Crippen molar-refractivity contribution in [3.05, 3.63) is 29.8 Å². The second-order valence-corrected chi connectivity index (χ2v) is 4.81. The van der Waals surface area contributed by atoms with Gasteiger partial charge in [-0.25, -0.2) is 9.37 Å². The Labute approximate surface area is 108 Å². The van der Waals surface area contributed by atoms with Gasteiger partial charge in [0.15, 0.2) is 0 Å². The molecule has 0 saturated carbocycles. The third-order valence-corrected chi connectivity index (χ3v) is 3.76. The van der Waals surface area contributed by atoms with Crippen molar-refractivity contribution in [1.82, 2.24) is 9.88 Å². The summed E-state index contributed by atoms with van der Waals surface area (Å²) in [5.41, 5.74) is 0.319. The van der Waals surface area contributed by atoms with Crippen molar-refractivity contribution >= 4 is 21.8 Å². The largest absolute Gasteiger partial charge is 0.333 e. The average molecular weight is 301 g/mol. The quantitative estimate of drug-likeness (QED) is 0.787. The first-order valence-electron chi connectivity index (χ1n) is 5.71. The zero-order valence-corrected chi connectivity index (χ0v) is 11.0. The minimum Gasteiger partial charge on any atom is -0.333 e. The van der Waals surface area contributed by atoms with Crippen LogP contribution in [0.3, 0.4) is 0 Å². The van der Waals surface area contributed by atoms with Crippen LogP contribution in [0.5, 0.6) is 0 Å². The minimum atomic E-state index is -0.419.